The number of hydrogen-bond donors (Lipinski definition) is 0. The Labute approximate surface area is 68.2 Å². The van der Waals surface area contributed by atoms with E-state index >= 15 is 0 Å². The van der Waals surface area contributed by atoms with Gasteiger partial charge in [0.2, 0.25) is 0 Å². The van der Waals surface area contributed by atoms with Crippen molar-refractivity contribution in [2.75, 3.05) is 7.11 Å². The van der Waals surface area contributed by atoms with Crippen molar-refractivity contribution in [1.82, 2.24) is 0 Å². The summed E-state index contributed by atoms with van der Waals surface area (Å²) in [4.78, 5) is 0. The normalized spacial score (nSPS) is 38.1. The Balaban J connectivity index is 2.50. The number of nitriles is 1. The monoisotopic (exact) mass is 153 g/mol. The third-order valence-electron chi connectivity index (χ3n) is 2.52. The van der Waals surface area contributed by atoms with Gasteiger partial charge < -0.3 is 4.74 Å². The van der Waals surface area contributed by atoms with Gasteiger partial charge in [0.25, 0.3) is 0 Å². The third kappa shape index (κ3) is 1.94. The Morgan fingerprint density at radius 3 is 2.73 bits per heavy atom. The Morgan fingerprint density at radius 1 is 1.45 bits per heavy atom. The van der Waals surface area contributed by atoms with Crippen LogP contribution in [0.25, 0.3) is 0 Å². The summed E-state index contributed by atoms with van der Waals surface area (Å²) in [5.74, 6) is 0.862. The molecule has 0 aromatic carbocycles. The largest absolute Gasteiger partial charge is 0.380 e. The van der Waals surface area contributed by atoms with Gasteiger partial charge in [-0.15, -0.1) is 0 Å². The molecule has 0 saturated heterocycles. The van der Waals surface area contributed by atoms with E-state index in [4.69, 9.17) is 10.00 Å². The van der Waals surface area contributed by atoms with E-state index in [2.05, 4.69) is 13.0 Å². The maximum absolute atomic E-state index is 8.75. The summed E-state index contributed by atoms with van der Waals surface area (Å²) in [5.41, 5.74) is 0. The van der Waals surface area contributed by atoms with Crippen LogP contribution in [0.2, 0.25) is 0 Å². The highest BCUT2D eigenvalue weighted by atomic mass is 16.5. The lowest BCUT2D eigenvalue weighted by Gasteiger charge is -2.29. The third-order valence-corrected chi connectivity index (χ3v) is 2.52. The van der Waals surface area contributed by atoms with Crippen LogP contribution in [-0.2, 0) is 4.74 Å². The average molecular weight is 153 g/mol. The molecule has 0 aliphatic heterocycles. The molecule has 1 fully saturated rings. The number of hydrogen-bond acceptors (Lipinski definition) is 2. The zero-order valence-electron chi connectivity index (χ0n) is 7.21. The van der Waals surface area contributed by atoms with E-state index < -0.39 is 0 Å². The predicted octanol–water partition coefficient (Wildman–Crippen LogP) is 1.96. The average Bonchev–Trinajstić information content (AvgIpc) is 2.04. The predicted molar refractivity (Wildman–Crippen MR) is 42.9 cm³/mol. The van der Waals surface area contributed by atoms with Crippen LogP contribution in [0.4, 0.5) is 0 Å². The lowest BCUT2D eigenvalue weighted by molar-refractivity contribution is 0.0276. The molecule has 3 atom stereocenters. The van der Waals surface area contributed by atoms with E-state index in [-0.39, 0.29) is 12.0 Å². The van der Waals surface area contributed by atoms with Crippen molar-refractivity contribution < 1.29 is 4.74 Å². The van der Waals surface area contributed by atoms with Gasteiger partial charge in [0.1, 0.15) is 0 Å². The van der Waals surface area contributed by atoms with Gasteiger partial charge in [0.05, 0.1) is 18.1 Å². The van der Waals surface area contributed by atoms with E-state index in [1.54, 1.807) is 7.11 Å². The zero-order chi connectivity index (χ0) is 8.27. The Bertz CT molecular complexity index is 161. The number of nitrogens with zero attached hydrogens (tertiary/aromatic N) is 1. The van der Waals surface area contributed by atoms with Crippen LogP contribution in [0.5, 0.6) is 0 Å². The van der Waals surface area contributed by atoms with E-state index in [1.165, 1.54) is 6.42 Å². The smallest absolute Gasteiger partial charge is 0.0731 e. The van der Waals surface area contributed by atoms with Crippen molar-refractivity contribution in [3.63, 3.8) is 0 Å². The molecule has 3 unspecified atom stereocenters. The fourth-order valence-corrected chi connectivity index (χ4v) is 1.74. The number of methoxy groups -OCH3 is 1. The van der Waals surface area contributed by atoms with E-state index in [0.717, 1.165) is 18.8 Å². The van der Waals surface area contributed by atoms with Crippen molar-refractivity contribution in [2.45, 2.75) is 32.3 Å². The van der Waals surface area contributed by atoms with Crippen LogP contribution in [0.15, 0.2) is 0 Å². The molecule has 0 aromatic rings. The molecule has 0 bridgehead atoms. The lowest BCUT2D eigenvalue weighted by atomic mass is 9.81. The van der Waals surface area contributed by atoms with Gasteiger partial charge in [-0.3, -0.25) is 0 Å². The summed E-state index contributed by atoms with van der Waals surface area (Å²) >= 11 is 0. The highest BCUT2D eigenvalue weighted by molar-refractivity contribution is 4.92. The van der Waals surface area contributed by atoms with Gasteiger partial charge in [-0.2, -0.15) is 5.26 Å². The SMILES string of the molecule is COC1CC(C)CCC1C#N. The quantitative estimate of drug-likeness (QED) is 0.577. The molecule has 0 spiro atoms. The second-order valence-corrected chi connectivity index (χ2v) is 3.43. The lowest BCUT2D eigenvalue weighted by Crippen LogP contribution is -2.29. The molecular weight excluding hydrogens is 138 g/mol. The van der Waals surface area contributed by atoms with Gasteiger partial charge >= 0.3 is 0 Å². The minimum Gasteiger partial charge on any atom is -0.380 e. The summed E-state index contributed by atoms with van der Waals surface area (Å²) in [6.45, 7) is 2.22. The van der Waals surface area contributed by atoms with Crippen molar-refractivity contribution in [1.29, 1.82) is 5.26 Å². The Hall–Kier alpha value is -0.550. The van der Waals surface area contributed by atoms with Gasteiger partial charge in [-0.25, -0.2) is 0 Å². The summed E-state index contributed by atoms with van der Waals surface area (Å²) < 4.78 is 5.24. The molecule has 2 nitrogen and oxygen atoms in total. The molecule has 11 heavy (non-hydrogen) atoms. The van der Waals surface area contributed by atoms with Crippen LogP contribution in [0, 0.1) is 23.2 Å². The van der Waals surface area contributed by atoms with E-state index in [9.17, 15) is 0 Å². The number of ether oxygens (including phenoxy) is 1. The van der Waals surface area contributed by atoms with Crippen molar-refractivity contribution in [2.24, 2.45) is 11.8 Å². The van der Waals surface area contributed by atoms with Gasteiger partial charge in [0.15, 0.2) is 0 Å². The van der Waals surface area contributed by atoms with E-state index in [0.29, 0.717) is 0 Å². The summed E-state index contributed by atoms with van der Waals surface area (Å²) in [7, 11) is 1.70. The minimum absolute atomic E-state index is 0.135. The molecule has 1 aliphatic rings. The molecule has 0 heterocycles. The van der Waals surface area contributed by atoms with Crippen molar-refractivity contribution >= 4 is 0 Å². The van der Waals surface area contributed by atoms with Gasteiger partial charge in [0, 0.05) is 7.11 Å². The Morgan fingerprint density at radius 2 is 2.18 bits per heavy atom. The molecule has 0 radical (unpaired) electrons. The summed E-state index contributed by atoms with van der Waals surface area (Å²) in [6, 6.07) is 2.30. The molecule has 1 rings (SSSR count). The first-order valence-corrected chi connectivity index (χ1v) is 4.20. The number of rotatable bonds is 1. The Kier molecular flexibility index (Phi) is 2.90. The van der Waals surface area contributed by atoms with Crippen LogP contribution in [-0.4, -0.2) is 13.2 Å². The molecule has 1 aliphatic carbocycles. The standard InChI is InChI=1S/C9H15NO/c1-7-3-4-8(6-10)9(5-7)11-2/h7-9H,3-5H2,1-2H3. The maximum atomic E-state index is 8.75. The van der Waals surface area contributed by atoms with Crippen LogP contribution < -0.4 is 0 Å². The van der Waals surface area contributed by atoms with E-state index in [1.807, 2.05) is 0 Å². The highest BCUT2D eigenvalue weighted by Gasteiger charge is 2.28. The topological polar surface area (TPSA) is 33.0 Å². The molecular formula is C9H15NO. The van der Waals surface area contributed by atoms with Crippen LogP contribution in [0.1, 0.15) is 26.2 Å². The van der Waals surface area contributed by atoms with Gasteiger partial charge in [-0.05, 0) is 25.2 Å². The molecule has 0 amide bonds. The summed E-state index contributed by atoms with van der Waals surface area (Å²) in [5, 5.41) is 8.75. The first kappa shape index (κ1) is 8.55. The minimum atomic E-state index is 0.135. The van der Waals surface area contributed by atoms with Crippen LogP contribution in [0.3, 0.4) is 0 Å². The van der Waals surface area contributed by atoms with Crippen LogP contribution >= 0.6 is 0 Å². The van der Waals surface area contributed by atoms with Gasteiger partial charge in [-0.1, -0.05) is 6.92 Å². The molecule has 2 heteroatoms. The fourth-order valence-electron chi connectivity index (χ4n) is 1.74. The molecule has 1 saturated carbocycles. The molecule has 0 aromatic heterocycles. The fraction of sp³-hybridized carbons (Fsp3) is 0.889. The van der Waals surface area contributed by atoms with Crippen molar-refractivity contribution in [3.8, 4) is 6.07 Å². The second kappa shape index (κ2) is 3.73. The van der Waals surface area contributed by atoms with Crippen molar-refractivity contribution in [3.05, 3.63) is 0 Å². The first-order valence-electron chi connectivity index (χ1n) is 4.20. The summed E-state index contributed by atoms with van der Waals surface area (Å²) in [6.07, 6.45) is 3.42. The second-order valence-electron chi connectivity index (χ2n) is 3.43. The zero-order valence-corrected chi connectivity index (χ0v) is 7.21. The highest BCUT2D eigenvalue weighted by Crippen LogP contribution is 2.29. The maximum Gasteiger partial charge on any atom is 0.0731 e. The first-order chi connectivity index (χ1) is 5.27. The molecule has 0 N–H and O–H groups in total. The molecule has 62 valence electrons.